The standard InChI is InChI=1S/C8H11NO6/c1-2-14-8(13)6(11)9-5-4(10)3-15-7(5)12/h4-5,10H,2-3H2,1H3,(H,9,11). The number of rotatable bonds is 2. The van der Waals surface area contributed by atoms with E-state index in [1.54, 1.807) is 6.92 Å². The van der Waals surface area contributed by atoms with Gasteiger partial charge in [0.2, 0.25) is 0 Å². The fraction of sp³-hybridized carbons (Fsp3) is 0.625. The average Bonchev–Trinajstić information content (AvgIpc) is 2.49. The zero-order chi connectivity index (χ0) is 11.4. The topological polar surface area (TPSA) is 102 Å². The predicted molar refractivity (Wildman–Crippen MR) is 45.5 cm³/mol. The number of amides is 1. The van der Waals surface area contributed by atoms with Crippen LogP contribution in [0.3, 0.4) is 0 Å². The lowest BCUT2D eigenvalue weighted by Gasteiger charge is -2.10. The molecule has 1 saturated heterocycles. The number of carbonyl (C=O) groups excluding carboxylic acids is 3. The summed E-state index contributed by atoms with van der Waals surface area (Å²) in [6.07, 6.45) is -1.13. The van der Waals surface area contributed by atoms with Crippen LogP contribution in [0.5, 0.6) is 0 Å². The monoisotopic (exact) mass is 217 g/mol. The molecule has 1 rings (SSSR count). The molecule has 0 aromatic carbocycles. The molecule has 7 nitrogen and oxygen atoms in total. The van der Waals surface area contributed by atoms with Crippen LogP contribution in [0.2, 0.25) is 0 Å². The Balaban J connectivity index is 2.50. The van der Waals surface area contributed by atoms with Crippen molar-refractivity contribution in [3.8, 4) is 0 Å². The highest BCUT2D eigenvalue weighted by Gasteiger charge is 2.38. The van der Waals surface area contributed by atoms with E-state index in [1.807, 2.05) is 5.32 Å². The first-order chi connectivity index (χ1) is 7.06. The lowest BCUT2D eigenvalue weighted by Crippen LogP contribution is -2.47. The molecule has 1 amide bonds. The van der Waals surface area contributed by atoms with Crippen LogP contribution in [-0.2, 0) is 23.9 Å². The zero-order valence-corrected chi connectivity index (χ0v) is 8.06. The molecule has 0 saturated carbocycles. The van der Waals surface area contributed by atoms with Crippen molar-refractivity contribution in [1.82, 2.24) is 5.32 Å². The molecule has 1 aliphatic heterocycles. The van der Waals surface area contributed by atoms with E-state index in [0.29, 0.717) is 0 Å². The number of hydrogen-bond donors (Lipinski definition) is 2. The molecule has 0 aliphatic carbocycles. The smallest absolute Gasteiger partial charge is 0.396 e. The van der Waals surface area contributed by atoms with Gasteiger partial charge in [-0.1, -0.05) is 0 Å². The van der Waals surface area contributed by atoms with E-state index < -0.39 is 30.0 Å². The lowest BCUT2D eigenvalue weighted by atomic mass is 10.2. The third kappa shape index (κ3) is 2.66. The molecule has 2 N–H and O–H groups in total. The fourth-order valence-corrected chi connectivity index (χ4v) is 1.06. The maximum atomic E-state index is 11.1. The summed E-state index contributed by atoms with van der Waals surface area (Å²) in [6, 6.07) is -1.19. The van der Waals surface area contributed by atoms with Crippen LogP contribution in [0.4, 0.5) is 0 Å². The van der Waals surface area contributed by atoms with Gasteiger partial charge in [0.05, 0.1) is 6.61 Å². The summed E-state index contributed by atoms with van der Waals surface area (Å²) >= 11 is 0. The summed E-state index contributed by atoms with van der Waals surface area (Å²) in [6.45, 7) is 1.42. The predicted octanol–water partition coefficient (Wildman–Crippen LogP) is -2.05. The van der Waals surface area contributed by atoms with Gasteiger partial charge in [-0.15, -0.1) is 0 Å². The summed E-state index contributed by atoms with van der Waals surface area (Å²) in [5, 5.41) is 11.2. The number of cyclic esters (lactones) is 1. The Bertz CT molecular complexity index is 289. The van der Waals surface area contributed by atoms with Crippen LogP contribution in [0.1, 0.15) is 6.92 Å². The van der Waals surface area contributed by atoms with E-state index in [4.69, 9.17) is 0 Å². The molecule has 0 radical (unpaired) electrons. The van der Waals surface area contributed by atoms with Crippen molar-refractivity contribution in [2.45, 2.75) is 19.1 Å². The summed E-state index contributed by atoms with van der Waals surface area (Å²) in [7, 11) is 0. The van der Waals surface area contributed by atoms with Gasteiger partial charge >= 0.3 is 17.8 Å². The van der Waals surface area contributed by atoms with Crippen LogP contribution in [0.15, 0.2) is 0 Å². The number of hydrogen-bond acceptors (Lipinski definition) is 6. The van der Waals surface area contributed by atoms with Crippen molar-refractivity contribution in [2.24, 2.45) is 0 Å². The van der Waals surface area contributed by atoms with Crippen molar-refractivity contribution >= 4 is 17.8 Å². The minimum absolute atomic E-state index is 0.0594. The van der Waals surface area contributed by atoms with Crippen LogP contribution < -0.4 is 5.32 Å². The second kappa shape index (κ2) is 4.74. The van der Waals surface area contributed by atoms with E-state index >= 15 is 0 Å². The lowest BCUT2D eigenvalue weighted by molar-refractivity contribution is -0.155. The Labute approximate surface area is 85.3 Å². The van der Waals surface area contributed by atoms with Crippen LogP contribution in [-0.4, -0.2) is 48.3 Å². The minimum atomic E-state index is -1.19. The molecule has 0 spiro atoms. The summed E-state index contributed by atoms with van der Waals surface area (Å²) in [5.41, 5.74) is 0. The zero-order valence-electron chi connectivity index (χ0n) is 8.06. The molecule has 0 aromatic rings. The van der Waals surface area contributed by atoms with E-state index in [0.717, 1.165) is 0 Å². The van der Waals surface area contributed by atoms with E-state index in [1.165, 1.54) is 0 Å². The van der Waals surface area contributed by atoms with Crippen LogP contribution in [0.25, 0.3) is 0 Å². The molecule has 1 aliphatic rings. The molecule has 1 heterocycles. The van der Waals surface area contributed by atoms with Gasteiger partial charge in [0, 0.05) is 0 Å². The maximum absolute atomic E-state index is 11.1. The number of carbonyl (C=O) groups is 3. The van der Waals surface area contributed by atoms with Crippen molar-refractivity contribution in [3.05, 3.63) is 0 Å². The highest BCUT2D eigenvalue weighted by atomic mass is 16.6. The summed E-state index contributed by atoms with van der Waals surface area (Å²) in [5.74, 6) is -2.93. The van der Waals surface area contributed by atoms with Gasteiger partial charge < -0.3 is 19.9 Å². The van der Waals surface area contributed by atoms with Gasteiger partial charge in [-0.3, -0.25) is 4.79 Å². The molecule has 1 fully saturated rings. The van der Waals surface area contributed by atoms with Crippen LogP contribution in [0, 0.1) is 0 Å². The quantitative estimate of drug-likeness (QED) is 0.408. The Morgan fingerprint density at radius 1 is 1.67 bits per heavy atom. The minimum Gasteiger partial charge on any atom is -0.461 e. The Kier molecular flexibility index (Phi) is 3.62. The SMILES string of the molecule is CCOC(=O)C(=O)NC1C(=O)OCC1O. The Morgan fingerprint density at radius 2 is 2.33 bits per heavy atom. The number of esters is 2. The van der Waals surface area contributed by atoms with E-state index in [2.05, 4.69) is 9.47 Å². The fourth-order valence-electron chi connectivity index (χ4n) is 1.06. The van der Waals surface area contributed by atoms with Gasteiger partial charge in [0.25, 0.3) is 0 Å². The first-order valence-electron chi connectivity index (χ1n) is 4.38. The summed E-state index contributed by atoms with van der Waals surface area (Å²) < 4.78 is 8.86. The number of aliphatic hydroxyl groups is 1. The van der Waals surface area contributed by atoms with Gasteiger partial charge in [-0.05, 0) is 6.92 Å². The molecule has 84 valence electrons. The Morgan fingerprint density at radius 3 is 2.80 bits per heavy atom. The van der Waals surface area contributed by atoms with Crippen molar-refractivity contribution in [2.75, 3.05) is 13.2 Å². The first-order valence-corrected chi connectivity index (χ1v) is 4.38. The third-order valence-electron chi connectivity index (χ3n) is 1.78. The first kappa shape index (κ1) is 11.4. The molecule has 7 heteroatoms. The van der Waals surface area contributed by atoms with E-state index in [9.17, 15) is 19.5 Å². The number of aliphatic hydroxyl groups excluding tert-OH is 1. The normalized spacial score (nSPS) is 24.5. The van der Waals surface area contributed by atoms with Gasteiger partial charge in [-0.2, -0.15) is 0 Å². The second-order valence-electron chi connectivity index (χ2n) is 2.87. The van der Waals surface area contributed by atoms with Crippen molar-refractivity contribution < 1.29 is 29.0 Å². The van der Waals surface area contributed by atoms with Crippen molar-refractivity contribution in [3.63, 3.8) is 0 Å². The van der Waals surface area contributed by atoms with Gasteiger partial charge in [0.15, 0.2) is 6.04 Å². The van der Waals surface area contributed by atoms with Gasteiger partial charge in [0.1, 0.15) is 12.7 Å². The molecular formula is C8H11NO6. The third-order valence-corrected chi connectivity index (χ3v) is 1.78. The number of nitrogens with one attached hydrogen (secondary N) is 1. The molecular weight excluding hydrogens is 206 g/mol. The molecule has 0 aromatic heterocycles. The highest BCUT2D eigenvalue weighted by Crippen LogP contribution is 2.06. The maximum Gasteiger partial charge on any atom is 0.396 e. The summed E-state index contributed by atoms with van der Waals surface area (Å²) in [4.78, 5) is 32.9. The molecule has 2 unspecified atom stereocenters. The van der Waals surface area contributed by atoms with Gasteiger partial charge in [-0.25, -0.2) is 9.59 Å². The molecule has 0 bridgehead atoms. The highest BCUT2D eigenvalue weighted by molar-refractivity contribution is 6.32. The van der Waals surface area contributed by atoms with Crippen LogP contribution >= 0.6 is 0 Å². The number of ether oxygens (including phenoxy) is 2. The average molecular weight is 217 g/mol. The molecule has 15 heavy (non-hydrogen) atoms. The van der Waals surface area contributed by atoms with E-state index in [-0.39, 0.29) is 13.2 Å². The molecule has 2 atom stereocenters. The Hall–Kier alpha value is -1.63. The van der Waals surface area contributed by atoms with Crippen molar-refractivity contribution in [1.29, 1.82) is 0 Å². The second-order valence-corrected chi connectivity index (χ2v) is 2.87. The largest absolute Gasteiger partial charge is 0.461 e.